The Balaban J connectivity index is 2.30. The van der Waals surface area contributed by atoms with Gasteiger partial charge in [-0.3, -0.25) is 4.68 Å². The molecule has 170 valence electrons. The summed E-state index contributed by atoms with van der Waals surface area (Å²) in [7, 11) is 1.25. The van der Waals surface area contributed by atoms with Gasteiger partial charge in [-0.15, -0.1) is 0 Å². The summed E-state index contributed by atoms with van der Waals surface area (Å²) in [6.07, 6.45) is 0.478. The van der Waals surface area contributed by atoms with Gasteiger partial charge in [0.05, 0.1) is 12.6 Å². The van der Waals surface area contributed by atoms with E-state index >= 15 is 0 Å². The first-order valence-corrected chi connectivity index (χ1v) is 9.95. The molecule has 0 unspecified atom stereocenters. The minimum atomic E-state index is -0.972. The molecule has 0 saturated carbocycles. The summed E-state index contributed by atoms with van der Waals surface area (Å²) in [4.78, 5) is 36.7. The maximum absolute atomic E-state index is 12.3. The van der Waals surface area contributed by atoms with E-state index in [1.54, 1.807) is 47.7 Å². The summed E-state index contributed by atoms with van der Waals surface area (Å²) in [6, 6.07) is 6.39. The maximum Gasteiger partial charge on any atom is 0.426 e. The lowest BCUT2D eigenvalue weighted by Crippen LogP contribution is -2.45. The largest absolute Gasteiger partial charge is 0.467 e. The molecule has 1 aromatic carbocycles. The number of ether oxygens (including phenoxy) is 3. The van der Waals surface area contributed by atoms with Crippen molar-refractivity contribution in [1.29, 1.82) is 0 Å². The highest BCUT2D eigenvalue weighted by molar-refractivity contribution is 5.88. The minimum absolute atomic E-state index is 0.134. The highest BCUT2D eigenvalue weighted by atomic mass is 16.6. The third-order valence-corrected chi connectivity index (χ3v) is 4.01. The monoisotopic (exact) mass is 433 g/mol. The number of hydrogen-bond acceptors (Lipinski definition) is 6. The molecule has 31 heavy (non-hydrogen) atoms. The van der Waals surface area contributed by atoms with Crippen LogP contribution in [0.1, 0.15) is 47.1 Å². The zero-order valence-corrected chi connectivity index (χ0v) is 19.1. The molecule has 1 aromatic heterocycles. The summed E-state index contributed by atoms with van der Waals surface area (Å²) in [5, 5.41) is 3.37. The van der Waals surface area contributed by atoms with Crippen LogP contribution in [-0.2, 0) is 25.4 Å². The molecule has 0 aliphatic carbocycles. The molecule has 2 amide bonds. The third-order valence-electron chi connectivity index (χ3n) is 4.01. The molecule has 1 atom stereocenters. The van der Waals surface area contributed by atoms with Crippen LogP contribution in [0.15, 0.2) is 30.5 Å². The van der Waals surface area contributed by atoms with Gasteiger partial charge in [0.25, 0.3) is 0 Å². The van der Waals surface area contributed by atoms with E-state index in [1.165, 1.54) is 11.8 Å². The van der Waals surface area contributed by atoms with E-state index in [1.807, 2.05) is 24.3 Å². The van der Waals surface area contributed by atoms with Gasteiger partial charge in [0.2, 0.25) is 0 Å². The number of alkyl carbamates (subject to hydrolysis) is 1. The van der Waals surface area contributed by atoms with E-state index < -0.39 is 35.4 Å². The summed E-state index contributed by atoms with van der Waals surface area (Å²) < 4.78 is 16.9. The molecular formula is C22H31N3O6. The number of aromatic nitrogens is 1. The molecule has 0 aliphatic rings. The number of fused-ring (bicyclic) bond motifs is 1. The Hall–Kier alpha value is -3.23. The molecule has 0 spiro atoms. The molecule has 1 heterocycles. The van der Waals surface area contributed by atoms with Gasteiger partial charge in [0, 0.05) is 18.0 Å². The van der Waals surface area contributed by atoms with Gasteiger partial charge in [-0.1, -0.05) is 18.2 Å². The molecule has 0 radical (unpaired) electrons. The number of para-hydroxylation sites is 1. The quantitative estimate of drug-likeness (QED) is 0.550. The van der Waals surface area contributed by atoms with E-state index in [9.17, 15) is 14.4 Å². The second-order valence-corrected chi connectivity index (χ2v) is 9.08. The van der Waals surface area contributed by atoms with Crippen molar-refractivity contribution in [1.82, 2.24) is 9.99 Å². The van der Waals surface area contributed by atoms with Crippen LogP contribution in [0.2, 0.25) is 0 Å². The van der Waals surface area contributed by atoms with E-state index in [0.29, 0.717) is 5.52 Å². The van der Waals surface area contributed by atoms with Crippen LogP contribution in [-0.4, -0.2) is 47.2 Å². The standard InChI is InChI=1S/C22H31N3O6/c1-21(2,3)30-19(27)23-16(18(26)29-7)12-14-13-25(17-11-9-8-10-15(14)17)24-20(28)31-22(4,5)6/h8-11,13,16H,12H2,1-7H3,(H,23,27)(H,24,28)/t16-/m1/s1. The molecule has 0 bridgehead atoms. The number of benzene rings is 1. The van der Waals surface area contributed by atoms with Gasteiger partial charge >= 0.3 is 18.2 Å². The van der Waals surface area contributed by atoms with Crippen molar-refractivity contribution in [2.45, 2.75) is 65.2 Å². The fraction of sp³-hybridized carbons (Fsp3) is 0.500. The fourth-order valence-corrected chi connectivity index (χ4v) is 2.91. The van der Waals surface area contributed by atoms with Gasteiger partial charge in [-0.25, -0.2) is 19.8 Å². The summed E-state index contributed by atoms with van der Waals surface area (Å²) >= 11 is 0. The number of amides is 2. The highest BCUT2D eigenvalue weighted by Gasteiger charge is 2.27. The fourth-order valence-electron chi connectivity index (χ4n) is 2.91. The summed E-state index contributed by atoms with van der Waals surface area (Å²) in [6.45, 7) is 10.5. The van der Waals surface area contributed by atoms with E-state index in [2.05, 4.69) is 10.7 Å². The molecular weight excluding hydrogens is 402 g/mol. The van der Waals surface area contributed by atoms with Crippen LogP contribution in [0.3, 0.4) is 0 Å². The van der Waals surface area contributed by atoms with E-state index in [0.717, 1.165) is 10.9 Å². The highest BCUT2D eigenvalue weighted by Crippen LogP contribution is 2.22. The Morgan fingerprint density at radius 2 is 1.55 bits per heavy atom. The molecule has 0 aliphatic heterocycles. The van der Waals surface area contributed by atoms with Crippen LogP contribution < -0.4 is 10.7 Å². The predicted molar refractivity (Wildman–Crippen MR) is 116 cm³/mol. The molecule has 2 rings (SSSR count). The summed E-state index contributed by atoms with van der Waals surface area (Å²) in [5.74, 6) is -0.609. The number of nitrogens with zero attached hydrogens (tertiary/aromatic N) is 1. The van der Waals surface area contributed by atoms with Crippen molar-refractivity contribution in [3.8, 4) is 0 Å². The van der Waals surface area contributed by atoms with Crippen molar-refractivity contribution in [3.63, 3.8) is 0 Å². The number of methoxy groups -OCH3 is 1. The van der Waals surface area contributed by atoms with Crippen LogP contribution >= 0.6 is 0 Å². The van der Waals surface area contributed by atoms with Gasteiger partial charge in [-0.2, -0.15) is 0 Å². The Morgan fingerprint density at radius 1 is 0.968 bits per heavy atom. The molecule has 0 saturated heterocycles. The Labute approximate surface area is 182 Å². The number of esters is 1. The van der Waals surface area contributed by atoms with Crippen LogP contribution in [0, 0.1) is 0 Å². The molecule has 9 nitrogen and oxygen atoms in total. The lowest BCUT2D eigenvalue weighted by molar-refractivity contribution is -0.143. The topological polar surface area (TPSA) is 108 Å². The van der Waals surface area contributed by atoms with Gasteiger partial charge in [0.1, 0.15) is 17.2 Å². The number of carbonyl (C=O) groups excluding carboxylic acids is 3. The summed E-state index contributed by atoms with van der Waals surface area (Å²) in [5.41, 5.74) is 2.75. The maximum atomic E-state index is 12.3. The normalized spacial score (nSPS) is 12.7. The SMILES string of the molecule is COC(=O)[C@@H](Cc1cn(NC(=O)OC(C)(C)C)c2ccccc12)NC(=O)OC(C)(C)C. The van der Waals surface area contributed by atoms with Crippen molar-refractivity contribution < 1.29 is 28.6 Å². The van der Waals surface area contributed by atoms with E-state index in [-0.39, 0.29) is 6.42 Å². The smallest absolute Gasteiger partial charge is 0.426 e. The van der Waals surface area contributed by atoms with E-state index in [4.69, 9.17) is 14.2 Å². The van der Waals surface area contributed by atoms with Crippen molar-refractivity contribution in [3.05, 3.63) is 36.0 Å². The second kappa shape index (κ2) is 9.28. The predicted octanol–water partition coefficient (Wildman–Crippen LogP) is 3.73. The lowest BCUT2D eigenvalue weighted by Gasteiger charge is -2.22. The van der Waals surface area contributed by atoms with Crippen LogP contribution in [0.25, 0.3) is 10.9 Å². The first kappa shape index (κ1) is 24.0. The number of rotatable bonds is 5. The van der Waals surface area contributed by atoms with Gasteiger partial charge in [-0.05, 0) is 53.2 Å². The van der Waals surface area contributed by atoms with Crippen molar-refractivity contribution in [2.75, 3.05) is 12.5 Å². The average Bonchev–Trinajstić information content (AvgIpc) is 2.95. The zero-order chi connectivity index (χ0) is 23.4. The Bertz CT molecular complexity index is 952. The van der Waals surface area contributed by atoms with Crippen molar-refractivity contribution in [2.24, 2.45) is 0 Å². The Morgan fingerprint density at radius 3 is 2.13 bits per heavy atom. The first-order chi connectivity index (χ1) is 14.3. The molecule has 9 heteroatoms. The number of carbonyl (C=O) groups is 3. The van der Waals surface area contributed by atoms with Gasteiger partial charge < -0.3 is 19.5 Å². The molecule has 0 fully saturated rings. The zero-order valence-electron chi connectivity index (χ0n) is 19.1. The second-order valence-electron chi connectivity index (χ2n) is 9.08. The van der Waals surface area contributed by atoms with Crippen LogP contribution in [0.4, 0.5) is 9.59 Å². The lowest BCUT2D eigenvalue weighted by atomic mass is 10.1. The third kappa shape index (κ3) is 7.20. The van der Waals surface area contributed by atoms with Gasteiger partial charge in [0.15, 0.2) is 0 Å². The molecule has 2 aromatic rings. The van der Waals surface area contributed by atoms with Crippen molar-refractivity contribution >= 4 is 29.1 Å². The number of hydrogen-bond donors (Lipinski definition) is 2. The first-order valence-electron chi connectivity index (χ1n) is 9.95. The molecule has 2 N–H and O–H groups in total. The average molecular weight is 434 g/mol. The number of nitrogens with one attached hydrogen (secondary N) is 2. The Kier molecular flexibility index (Phi) is 7.20. The minimum Gasteiger partial charge on any atom is -0.467 e. The van der Waals surface area contributed by atoms with Crippen LogP contribution in [0.5, 0.6) is 0 Å².